The molecule has 0 fully saturated rings. The molecular formula is C14H25BrO2. The molecule has 0 aliphatic heterocycles. The van der Waals surface area contributed by atoms with Crippen LogP contribution in [0.15, 0.2) is 15.8 Å². The number of ether oxygens (including phenoxy) is 2. The molecule has 3 heteroatoms. The third kappa shape index (κ3) is 8.62. The van der Waals surface area contributed by atoms with Crippen molar-refractivity contribution >= 4 is 15.9 Å². The molecular weight excluding hydrogens is 280 g/mol. The number of hydrogen-bond acceptors (Lipinski definition) is 2. The summed E-state index contributed by atoms with van der Waals surface area (Å²) in [6.45, 7) is 4.20. The molecule has 0 N–H and O–H groups in total. The first-order valence-corrected chi connectivity index (χ1v) is 7.12. The van der Waals surface area contributed by atoms with Gasteiger partial charge in [-0.15, -0.1) is 5.73 Å². The average molecular weight is 305 g/mol. The Morgan fingerprint density at radius 2 is 1.71 bits per heavy atom. The Morgan fingerprint density at radius 3 is 2.24 bits per heavy atom. The van der Waals surface area contributed by atoms with Crippen LogP contribution in [0.1, 0.15) is 52.4 Å². The minimum absolute atomic E-state index is 0.289. The van der Waals surface area contributed by atoms with Crippen molar-refractivity contribution in [2.45, 2.75) is 58.7 Å². The van der Waals surface area contributed by atoms with Crippen LogP contribution < -0.4 is 0 Å². The highest BCUT2D eigenvalue weighted by molar-refractivity contribution is 9.11. The molecule has 0 aliphatic rings. The van der Waals surface area contributed by atoms with Crippen molar-refractivity contribution < 1.29 is 9.47 Å². The zero-order valence-corrected chi connectivity index (χ0v) is 13.1. The van der Waals surface area contributed by atoms with Crippen molar-refractivity contribution in [1.82, 2.24) is 0 Å². The van der Waals surface area contributed by atoms with E-state index in [0.717, 1.165) is 16.5 Å². The summed E-state index contributed by atoms with van der Waals surface area (Å²) in [5, 5.41) is 0. The van der Waals surface area contributed by atoms with Gasteiger partial charge in [0.05, 0.1) is 0 Å². The van der Waals surface area contributed by atoms with Crippen LogP contribution in [0.5, 0.6) is 0 Å². The van der Waals surface area contributed by atoms with Gasteiger partial charge in [-0.05, 0) is 35.7 Å². The fourth-order valence-electron chi connectivity index (χ4n) is 1.67. The summed E-state index contributed by atoms with van der Waals surface area (Å²) >= 11 is 3.55. The van der Waals surface area contributed by atoms with Crippen LogP contribution in [-0.2, 0) is 9.47 Å². The van der Waals surface area contributed by atoms with Gasteiger partial charge in [0.25, 0.3) is 0 Å². The Morgan fingerprint density at radius 1 is 1.12 bits per heavy atom. The van der Waals surface area contributed by atoms with Gasteiger partial charge in [-0.3, -0.25) is 0 Å². The smallest absolute Gasteiger partial charge is 0.186 e. The van der Waals surface area contributed by atoms with Crippen LogP contribution in [-0.4, -0.2) is 20.5 Å². The number of rotatable bonds is 9. The van der Waals surface area contributed by atoms with Crippen LogP contribution in [0.2, 0.25) is 0 Å². The lowest BCUT2D eigenvalue weighted by Gasteiger charge is -2.11. The second-order valence-electron chi connectivity index (χ2n) is 4.18. The van der Waals surface area contributed by atoms with Crippen LogP contribution >= 0.6 is 15.9 Å². The molecule has 0 spiro atoms. The van der Waals surface area contributed by atoms with Gasteiger partial charge in [-0.2, -0.15) is 0 Å². The zero-order chi connectivity index (χ0) is 13.1. The summed E-state index contributed by atoms with van der Waals surface area (Å²) in [6, 6.07) is 0. The third-order valence-corrected chi connectivity index (χ3v) is 3.21. The molecule has 100 valence electrons. The molecule has 0 saturated heterocycles. The molecule has 0 aromatic rings. The SMILES string of the molecule is CCCCCCCC(Br)=C=C(C)C(OC)OC. The van der Waals surface area contributed by atoms with Crippen molar-refractivity contribution in [3.63, 3.8) is 0 Å². The van der Waals surface area contributed by atoms with Crippen molar-refractivity contribution in [3.05, 3.63) is 15.8 Å². The predicted molar refractivity (Wildman–Crippen MR) is 76.3 cm³/mol. The maximum atomic E-state index is 5.16. The quantitative estimate of drug-likeness (QED) is 0.346. The minimum Gasteiger partial charge on any atom is -0.351 e. The van der Waals surface area contributed by atoms with E-state index < -0.39 is 0 Å². The van der Waals surface area contributed by atoms with E-state index in [2.05, 4.69) is 28.6 Å². The molecule has 0 amide bonds. The second kappa shape index (κ2) is 11.0. The van der Waals surface area contributed by atoms with Gasteiger partial charge in [0.2, 0.25) is 0 Å². The molecule has 0 aromatic carbocycles. The summed E-state index contributed by atoms with van der Waals surface area (Å²) in [5.41, 5.74) is 4.24. The fourth-order valence-corrected chi connectivity index (χ4v) is 2.26. The Labute approximate surface area is 114 Å². The second-order valence-corrected chi connectivity index (χ2v) is 5.14. The molecule has 0 bridgehead atoms. The highest BCUT2D eigenvalue weighted by Crippen LogP contribution is 2.17. The van der Waals surface area contributed by atoms with Crippen LogP contribution in [0.4, 0.5) is 0 Å². The maximum absolute atomic E-state index is 5.16. The third-order valence-electron chi connectivity index (χ3n) is 2.61. The van der Waals surface area contributed by atoms with Crippen molar-refractivity contribution in [1.29, 1.82) is 0 Å². The van der Waals surface area contributed by atoms with E-state index in [0.29, 0.717) is 0 Å². The highest BCUT2D eigenvalue weighted by atomic mass is 79.9. The Bertz CT molecular complexity index is 251. The van der Waals surface area contributed by atoms with Crippen LogP contribution in [0.25, 0.3) is 0 Å². The molecule has 0 aliphatic carbocycles. The van der Waals surface area contributed by atoms with Crippen molar-refractivity contribution in [3.8, 4) is 0 Å². The summed E-state index contributed by atoms with van der Waals surface area (Å²) in [7, 11) is 3.27. The van der Waals surface area contributed by atoms with E-state index in [1.165, 1.54) is 32.1 Å². The molecule has 0 atom stereocenters. The molecule has 0 heterocycles. The van der Waals surface area contributed by atoms with Gasteiger partial charge < -0.3 is 9.47 Å². The van der Waals surface area contributed by atoms with Gasteiger partial charge in [0.15, 0.2) is 6.29 Å². The first kappa shape index (κ1) is 16.9. The number of halogens is 1. The summed E-state index contributed by atoms with van der Waals surface area (Å²) in [4.78, 5) is 0. The normalized spacial score (nSPS) is 10.5. The van der Waals surface area contributed by atoms with Gasteiger partial charge in [0.1, 0.15) is 0 Å². The molecule has 0 unspecified atom stereocenters. The Kier molecular flexibility index (Phi) is 11.0. The largest absolute Gasteiger partial charge is 0.351 e. The van der Waals surface area contributed by atoms with E-state index in [1.807, 2.05) is 6.92 Å². The molecule has 0 saturated carbocycles. The van der Waals surface area contributed by atoms with E-state index >= 15 is 0 Å². The summed E-state index contributed by atoms with van der Waals surface area (Å²) in [5.74, 6) is 0. The minimum atomic E-state index is -0.289. The van der Waals surface area contributed by atoms with E-state index in [9.17, 15) is 0 Å². The van der Waals surface area contributed by atoms with Gasteiger partial charge in [-0.1, -0.05) is 32.6 Å². The van der Waals surface area contributed by atoms with Gasteiger partial charge in [-0.25, -0.2) is 0 Å². The Balaban J connectivity index is 4.09. The molecule has 0 aromatic heterocycles. The number of methoxy groups -OCH3 is 2. The van der Waals surface area contributed by atoms with Crippen LogP contribution in [0.3, 0.4) is 0 Å². The van der Waals surface area contributed by atoms with Crippen molar-refractivity contribution in [2.75, 3.05) is 14.2 Å². The summed E-state index contributed by atoms with van der Waals surface area (Å²) in [6.07, 6.45) is 7.22. The topological polar surface area (TPSA) is 18.5 Å². The lowest BCUT2D eigenvalue weighted by molar-refractivity contribution is -0.0745. The highest BCUT2D eigenvalue weighted by Gasteiger charge is 2.06. The Hall–Kier alpha value is -0.0800. The molecule has 0 radical (unpaired) electrons. The van der Waals surface area contributed by atoms with E-state index in [-0.39, 0.29) is 6.29 Å². The average Bonchev–Trinajstić information content (AvgIpc) is 2.30. The fraction of sp³-hybridized carbons (Fsp3) is 0.786. The lowest BCUT2D eigenvalue weighted by Crippen LogP contribution is -2.13. The summed E-state index contributed by atoms with van der Waals surface area (Å²) < 4.78 is 11.4. The standard InChI is InChI=1S/C14H25BrO2/c1-5-6-7-8-9-10-13(15)11-12(2)14(16-3)17-4/h14H,5-10H2,1-4H3. The first-order chi connectivity index (χ1) is 8.15. The molecule has 17 heavy (non-hydrogen) atoms. The number of unbranched alkanes of at least 4 members (excludes halogenated alkanes) is 4. The molecule has 0 rings (SSSR count). The lowest BCUT2D eigenvalue weighted by atomic mass is 10.1. The maximum Gasteiger partial charge on any atom is 0.186 e. The van der Waals surface area contributed by atoms with Gasteiger partial charge >= 0.3 is 0 Å². The van der Waals surface area contributed by atoms with E-state index in [1.54, 1.807) is 14.2 Å². The zero-order valence-electron chi connectivity index (χ0n) is 11.5. The number of hydrogen-bond donors (Lipinski definition) is 0. The van der Waals surface area contributed by atoms with Crippen molar-refractivity contribution in [2.24, 2.45) is 0 Å². The van der Waals surface area contributed by atoms with E-state index in [4.69, 9.17) is 9.47 Å². The molecule has 2 nitrogen and oxygen atoms in total. The predicted octanol–water partition coefficient (Wildman–Crippen LogP) is 4.79. The monoisotopic (exact) mass is 304 g/mol. The van der Waals surface area contributed by atoms with Crippen LogP contribution in [0, 0.1) is 0 Å². The first-order valence-electron chi connectivity index (χ1n) is 6.33. The van der Waals surface area contributed by atoms with Gasteiger partial charge in [0, 0.05) is 24.3 Å².